The van der Waals surface area contributed by atoms with Gasteiger partial charge in [0.05, 0.1) is 23.3 Å². The Balaban J connectivity index is 0.000000166. The number of hydrogen-bond donors (Lipinski definition) is 4. The van der Waals surface area contributed by atoms with E-state index in [1.165, 1.54) is 64.2 Å². The third kappa shape index (κ3) is 11.1. The molecule has 10 fully saturated rings. The minimum absolute atomic E-state index is 0.0224. The maximum atomic E-state index is 13.4. The van der Waals surface area contributed by atoms with Crippen LogP contribution in [0.5, 0.6) is 0 Å². The molecule has 0 spiro atoms. The lowest BCUT2D eigenvalue weighted by Gasteiger charge is -2.54. The van der Waals surface area contributed by atoms with E-state index in [2.05, 4.69) is 34.3 Å². The summed E-state index contributed by atoms with van der Waals surface area (Å²) in [7, 11) is 0. The second-order valence-electron chi connectivity index (χ2n) is 20.7. The Morgan fingerprint density at radius 1 is 0.591 bits per heavy atom. The highest BCUT2D eigenvalue weighted by Crippen LogP contribution is 2.55. The number of ether oxygens (including phenoxy) is 2. The standard InChI is InChI=1S/2C25H35N3O4S/c2*1-2-7-33-25-20(3-4-21(26-25)28-6-5-19(13-28)32-14-22(29)30)24(31)27-23-17-9-15-8-16(11-17)12-18(23)10-15/h2*3-4,15-19,23H,2,5-14H2,1H3,(H,27,31)(H,29,30)/t2*15?,16?,17?,18?,19-,23?/m10/s1. The monoisotopic (exact) mass is 946 g/mol. The molecule has 8 saturated carbocycles. The molecule has 66 heavy (non-hydrogen) atoms. The molecule has 0 unspecified atom stereocenters. The number of thioether (sulfide) groups is 2. The summed E-state index contributed by atoms with van der Waals surface area (Å²) in [5.74, 6) is 7.81. The van der Waals surface area contributed by atoms with Gasteiger partial charge in [-0.05, 0) is 173 Å². The number of amides is 2. The minimum Gasteiger partial charge on any atom is -0.480 e. The van der Waals surface area contributed by atoms with E-state index in [0.29, 0.717) is 60.0 Å². The molecule has 8 aliphatic carbocycles. The lowest BCUT2D eigenvalue weighted by Crippen LogP contribution is -2.55. The first-order chi connectivity index (χ1) is 32.0. The minimum atomic E-state index is -0.945. The van der Waals surface area contributed by atoms with Crippen molar-refractivity contribution in [1.82, 2.24) is 20.6 Å². The number of carbonyl (C=O) groups excluding carboxylic acids is 2. The summed E-state index contributed by atoms with van der Waals surface area (Å²) in [5.41, 5.74) is 1.37. The van der Waals surface area contributed by atoms with Crippen molar-refractivity contribution in [2.75, 3.05) is 60.7 Å². The van der Waals surface area contributed by atoms with E-state index in [0.717, 1.165) is 95.6 Å². The van der Waals surface area contributed by atoms with E-state index in [4.69, 9.17) is 29.7 Å². The highest BCUT2D eigenvalue weighted by molar-refractivity contribution is 7.99. The Morgan fingerprint density at radius 2 is 0.955 bits per heavy atom. The van der Waals surface area contributed by atoms with Crippen LogP contribution in [-0.2, 0) is 19.1 Å². The van der Waals surface area contributed by atoms with Crippen LogP contribution < -0.4 is 20.4 Å². The number of anilines is 2. The zero-order chi connectivity index (χ0) is 45.9. The Kier molecular flexibility index (Phi) is 15.4. The molecule has 2 aromatic rings. The topological polar surface area (TPSA) is 184 Å². The summed E-state index contributed by atoms with van der Waals surface area (Å²) in [4.78, 5) is 62.4. The first-order valence-electron chi connectivity index (χ1n) is 25.1. The largest absolute Gasteiger partial charge is 0.480 e. The van der Waals surface area contributed by atoms with Crippen molar-refractivity contribution in [3.63, 3.8) is 0 Å². The number of aliphatic carboxylic acids is 2. The van der Waals surface area contributed by atoms with E-state index < -0.39 is 11.9 Å². The zero-order valence-electron chi connectivity index (χ0n) is 38.7. The van der Waals surface area contributed by atoms with Gasteiger partial charge in [-0.1, -0.05) is 13.8 Å². The summed E-state index contributed by atoms with van der Waals surface area (Å²) in [6.45, 7) is 6.52. The van der Waals surface area contributed by atoms with Crippen LogP contribution >= 0.6 is 23.5 Å². The van der Waals surface area contributed by atoms with Crippen LogP contribution in [0.4, 0.5) is 11.6 Å². The smallest absolute Gasteiger partial charge is 0.329 e. The molecule has 12 rings (SSSR count). The number of carbonyl (C=O) groups is 4. The van der Waals surface area contributed by atoms with Gasteiger partial charge in [0.25, 0.3) is 11.8 Å². The summed E-state index contributed by atoms with van der Waals surface area (Å²) in [5, 5.41) is 26.2. The zero-order valence-corrected chi connectivity index (χ0v) is 40.4. The van der Waals surface area contributed by atoms with Crippen molar-refractivity contribution in [1.29, 1.82) is 0 Å². The molecular weight excluding hydrogens is 877 g/mol. The fourth-order valence-corrected chi connectivity index (χ4v) is 15.2. The Hall–Kier alpha value is -3.60. The number of aromatic nitrogens is 2. The molecule has 4 N–H and O–H groups in total. The first kappa shape index (κ1) is 47.5. The van der Waals surface area contributed by atoms with Gasteiger partial charge in [0.15, 0.2) is 0 Å². The van der Waals surface area contributed by atoms with Crippen molar-refractivity contribution in [2.24, 2.45) is 47.3 Å². The molecule has 16 heteroatoms. The quantitative estimate of drug-likeness (QED) is 0.107. The molecule has 0 aromatic carbocycles. The van der Waals surface area contributed by atoms with E-state index in [-0.39, 0.29) is 37.2 Å². The second-order valence-corrected chi connectivity index (χ2v) is 22.9. The molecule has 10 aliphatic rings. The second kappa shape index (κ2) is 21.4. The Bertz CT molecular complexity index is 1880. The Labute approximate surface area is 398 Å². The van der Waals surface area contributed by atoms with Gasteiger partial charge in [0.1, 0.15) is 34.9 Å². The first-order valence-corrected chi connectivity index (χ1v) is 27.0. The maximum absolute atomic E-state index is 13.4. The average molecular weight is 947 g/mol. The van der Waals surface area contributed by atoms with Crippen LogP contribution in [0, 0.1) is 47.3 Å². The molecule has 14 nitrogen and oxygen atoms in total. The number of nitrogens with zero attached hydrogens (tertiary/aromatic N) is 4. The summed E-state index contributed by atoms with van der Waals surface area (Å²) in [6.07, 6.45) is 16.5. The molecule has 0 radical (unpaired) electrons. The molecule has 2 aliphatic heterocycles. The van der Waals surface area contributed by atoms with Gasteiger partial charge in [0.2, 0.25) is 0 Å². The molecule has 2 amide bonds. The van der Waals surface area contributed by atoms with Crippen LogP contribution in [-0.4, -0.2) is 119 Å². The van der Waals surface area contributed by atoms with Gasteiger partial charge >= 0.3 is 11.9 Å². The number of hydrogen-bond acceptors (Lipinski definition) is 12. The van der Waals surface area contributed by atoms with Gasteiger partial charge in [0, 0.05) is 38.3 Å². The van der Waals surface area contributed by atoms with Gasteiger partial charge in [-0.2, -0.15) is 0 Å². The molecule has 8 bridgehead atoms. The van der Waals surface area contributed by atoms with Crippen LogP contribution in [0.15, 0.2) is 34.3 Å². The number of carboxylic acids is 2. The predicted molar refractivity (Wildman–Crippen MR) is 256 cm³/mol. The summed E-state index contributed by atoms with van der Waals surface area (Å²) < 4.78 is 10.9. The van der Waals surface area contributed by atoms with Crippen LogP contribution in [0.3, 0.4) is 0 Å². The number of pyridine rings is 2. The molecule has 360 valence electrons. The normalized spacial score (nSPS) is 32.3. The lowest BCUT2D eigenvalue weighted by atomic mass is 9.54. The van der Waals surface area contributed by atoms with Gasteiger partial charge in [-0.15, -0.1) is 23.5 Å². The van der Waals surface area contributed by atoms with Crippen molar-refractivity contribution in [3.8, 4) is 0 Å². The van der Waals surface area contributed by atoms with E-state index in [1.54, 1.807) is 23.5 Å². The fourth-order valence-electron chi connectivity index (χ4n) is 13.5. The maximum Gasteiger partial charge on any atom is 0.329 e. The summed E-state index contributed by atoms with van der Waals surface area (Å²) in [6, 6.07) is 8.36. The average Bonchev–Trinajstić information content (AvgIpc) is 3.99. The SMILES string of the molecule is CCCSc1nc(N2CC[C@@H](OCC(=O)O)C2)ccc1C(=O)NC1C2CC3CC(C2)CC1C3.CCCSc1nc(N2CC[C@H](OCC(=O)O)C2)ccc1C(=O)NC1C2CC3CC(C2)CC1C3. The van der Waals surface area contributed by atoms with Crippen molar-refractivity contribution < 1.29 is 38.9 Å². The number of carboxylic acid groups (broad SMARTS) is 2. The van der Waals surface area contributed by atoms with Crippen LogP contribution in [0.1, 0.15) is 124 Å². The number of nitrogens with one attached hydrogen (secondary N) is 2. The third-order valence-electron chi connectivity index (χ3n) is 15.9. The van der Waals surface area contributed by atoms with Crippen molar-refractivity contribution >= 4 is 58.9 Å². The molecule has 4 heterocycles. The highest BCUT2D eigenvalue weighted by atomic mass is 32.2. The van der Waals surface area contributed by atoms with E-state index in [1.807, 2.05) is 24.3 Å². The van der Waals surface area contributed by atoms with Gasteiger partial charge in [-0.25, -0.2) is 19.6 Å². The van der Waals surface area contributed by atoms with E-state index in [9.17, 15) is 19.2 Å². The van der Waals surface area contributed by atoms with Crippen molar-refractivity contribution in [3.05, 3.63) is 35.4 Å². The van der Waals surface area contributed by atoms with E-state index >= 15 is 0 Å². The summed E-state index contributed by atoms with van der Waals surface area (Å²) >= 11 is 3.29. The molecular formula is C50H70N6O8S2. The highest BCUT2D eigenvalue weighted by Gasteiger charge is 2.50. The lowest BCUT2D eigenvalue weighted by molar-refractivity contribution is -0.144. The van der Waals surface area contributed by atoms with Crippen molar-refractivity contribution in [2.45, 2.75) is 138 Å². The molecule has 2 atom stereocenters. The van der Waals surface area contributed by atoms with Crippen LogP contribution in [0.2, 0.25) is 0 Å². The predicted octanol–water partition coefficient (Wildman–Crippen LogP) is 7.64. The Morgan fingerprint density at radius 3 is 1.29 bits per heavy atom. The fraction of sp³-hybridized carbons (Fsp3) is 0.720. The van der Waals surface area contributed by atoms with Gasteiger partial charge < -0.3 is 40.1 Å². The number of rotatable bonds is 18. The third-order valence-corrected chi connectivity index (χ3v) is 18.3. The van der Waals surface area contributed by atoms with Crippen LogP contribution in [0.25, 0.3) is 0 Å². The molecule has 2 saturated heterocycles. The molecule has 2 aromatic heterocycles. The van der Waals surface area contributed by atoms with Gasteiger partial charge in [-0.3, -0.25) is 9.59 Å².